The molecule has 1 unspecified atom stereocenters. The van der Waals surface area contributed by atoms with Gasteiger partial charge in [-0.2, -0.15) is 0 Å². The summed E-state index contributed by atoms with van der Waals surface area (Å²) in [6.45, 7) is 6.77. The van der Waals surface area contributed by atoms with Crippen molar-refractivity contribution in [1.82, 2.24) is 0 Å². The van der Waals surface area contributed by atoms with Crippen LogP contribution in [0.25, 0.3) is 0 Å². The van der Waals surface area contributed by atoms with Crippen LogP contribution in [0.15, 0.2) is 0 Å². The molecule has 0 aliphatic rings. The van der Waals surface area contributed by atoms with Crippen molar-refractivity contribution in [1.29, 1.82) is 0 Å². The van der Waals surface area contributed by atoms with Crippen molar-refractivity contribution < 1.29 is 4.79 Å². The molecule has 0 aliphatic carbocycles. The molecule has 0 heterocycles. The first kappa shape index (κ1) is 12.6. The molecule has 0 saturated heterocycles. The van der Waals surface area contributed by atoms with Gasteiger partial charge in [0.05, 0.1) is 0 Å². The van der Waals surface area contributed by atoms with E-state index in [1.807, 2.05) is 0 Å². The number of hydrogen-bond acceptors (Lipinski definition) is 2. The third-order valence-corrected chi connectivity index (χ3v) is 2.71. The lowest BCUT2D eigenvalue weighted by atomic mass is 9.86. The molecule has 0 aliphatic heterocycles. The molecule has 0 amide bonds. The topological polar surface area (TPSA) is 43.1 Å². The van der Waals surface area contributed by atoms with E-state index >= 15 is 0 Å². The lowest BCUT2D eigenvalue weighted by Crippen LogP contribution is -2.29. The second kappa shape index (κ2) is 7.07. The highest BCUT2D eigenvalue weighted by Gasteiger charge is 2.22. The van der Waals surface area contributed by atoms with E-state index in [-0.39, 0.29) is 11.8 Å². The van der Waals surface area contributed by atoms with Crippen molar-refractivity contribution in [2.24, 2.45) is 17.6 Å². The maximum absolute atomic E-state index is 11.8. The fourth-order valence-corrected chi connectivity index (χ4v) is 1.75. The summed E-state index contributed by atoms with van der Waals surface area (Å²) in [5, 5.41) is 0. The summed E-state index contributed by atoms with van der Waals surface area (Å²) in [4.78, 5) is 11.8. The largest absolute Gasteiger partial charge is 0.330 e. The Morgan fingerprint density at radius 1 is 1.15 bits per heavy atom. The predicted molar refractivity (Wildman–Crippen MR) is 56.5 cm³/mol. The molecule has 0 saturated carbocycles. The molecule has 78 valence electrons. The highest BCUT2D eigenvalue weighted by molar-refractivity contribution is 5.83. The molecule has 0 aromatic carbocycles. The molecular weight excluding hydrogens is 162 g/mol. The SMILES string of the molecule is CCCC(CN)C(=O)C(CC)CC. The second-order valence-electron chi connectivity index (χ2n) is 3.64. The number of carbonyl (C=O) groups is 1. The third kappa shape index (κ3) is 3.90. The molecule has 2 N–H and O–H groups in total. The van der Waals surface area contributed by atoms with E-state index in [0.29, 0.717) is 12.3 Å². The van der Waals surface area contributed by atoms with Crippen molar-refractivity contribution in [3.05, 3.63) is 0 Å². The van der Waals surface area contributed by atoms with Gasteiger partial charge in [0.15, 0.2) is 0 Å². The Balaban J connectivity index is 4.16. The first-order valence-corrected chi connectivity index (χ1v) is 5.44. The van der Waals surface area contributed by atoms with Crippen LogP contribution in [0, 0.1) is 11.8 Å². The summed E-state index contributed by atoms with van der Waals surface area (Å²) in [6, 6.07) is 0. The van der Waals surface area contributed by atoms with Crippen LogP contribution < -0.4 is 5.73 Å². The van der Waals surface area contributed by atoms with E-state index in [0.717, 1.165) is 25.7 Å². The van der Waals surface area contributed by atoms with E-state index in [9.17, 15) is 4.79 Å². The fourth-order valence-electron chi connectivity index (χ4n) is 1.75. The molecule has 0 bridgehead atoms. The molecule has 0 radical (unpaired) electrons. The van der Waals surface area contributed by atoms with Crippen molar-refractivity contribution in [3.63, 3.8) is 0 Å². The second-order valence-corrected chi connectivity index (χ2v) is 3.64. The van der Waals surface area contributed by atoms with Gasteiger partial charge in [-0.25, -0.2) is 0 Å². The molecule has 0 spiro atoms. The number of Topliss-reactive ketones (excluding diaryl/α,β-unsaturated/α-hetero) is 1. The van der Waals surface area contributed by atoms with Gasteiger partial charge in [-0.15, -0.1) is 0 Å². The summed E-state index contributed by atoms with van der Waals surface area (Å²) >= 11 is 0. The van der Waals surface area contributed by atoms with E-state index in [2.05, 4.69) is 20.8 Å². The number of nitrogens with two attached hydrogens (primary N) is 1. The van der Waals surface area contributed by atoms with Crippen molar-refractivity contribution >= 4 is 5.78 Å². The van der Waals surface area contributed by atoms with Gasteiger partial charge in [-0.3, -0.25) is 4.79 Å². The van der Waals surface area contributed by atoms with Gasteiger partial charge >= 0.3 is 0 Å². The molecule has 0 fully saturated rings. The Morgan fingerprint density at radius 2 is 1.69 bits per heavy atom. The van der Waals surface area contributed by atoms with Crippen LogP contribution >= 0.6 is 0 Å². The maximum atomic E-state index is 11.8. The Labute approximate surface area is 81.9 Å². The lowest BCUT2D eigenvalue weighted by molar-refractivity contribution is -0.126. The quantitative estimate of drug-likeness (QED) is 0.661. The number of hydrogen-bond donors (Lipinski definition) is 1. The van der Waals surface area contributed by atoms with Crippen LogP contribution in [0.1, 0.15) is 46.5 Å². The minimum absolute atomic E-state index is 0.106. The summed E-state index contributed by atoms with van der Waals surface area (Å²) in [7, 11) is 0. The zero-order chi connectivity index (χ0) is 10.3. The predicted octanol–water partition coefficient (Wildman–Crippen LogP) is 2.37. The van der Waals surface area contributed by atoms with E-state index in [1.54, 1.807) is 0 Å². The van der Waals surface area contributed by atoms with Crippen molar-refractivity contribution in [2.45, 2.75) is 46.5 Å². The summed E-state index contributed by atoms with van der Waals surface area (Å²) < 4.78 is 0. The standard InChI is InChI=1S/C11H23NO/c1-4-7-10(8-12)11(13)9(5-2)6-3/h9-10H,4-8,12H2,1-3H3. The maximum Gasteiger partial charge on any atom is 0.140 e. The fraction of sp³-hybridized carbons (Fsp3) is 0.909. The average molecular weight is 185 g/mol. The van der Waals surface area contributed by atoms with E-state index in [1.165, 1.54) is 0 Å². The molecular formula is C11H23NO. The minimum atomic E-state index is 0.106. The number of ketones is 1. The van der Waals surface area contributed by atoms with Gasteiger partial charge in [0.2, 0.25) is 0 Å². The molecule has 2 heteroatoms. The van der Waals surface area contributed by atoms with Crippen LogP contribution in [0.5, 0.6) is 0 Å². The molecule has 0 aromatic heterocycles. The Morgan fingerprint density at radius 3 is 2.00 bits per heavy atom. The first-order valence-electron chi connectivity index (χ1n) is 5.44. The average Bonchev–Trinajstić information content (AvgIpc) is 2.15. The molecule has 2 nitrogen and oxygen atoms in total. The molecule has 0 aromatic rings. The third-order valence-electron chi connectivity index (χ3n) is 2.71. The zero-order valence-corrected chi connectivity index (χ0v) is 9.18. The van der Waals surface area contributed by atoms with Crippen LogP contribution in [0.2, 0.25) is 0 Å². The smallest absolute Gasteiger partial charge is 0.140 e. The number of rotatable bonds is 7. The number of carbonyl (C=O) groups excluding carboxylic acids is 1. The highest BCUT2D eigenvalue weighted by Crippen LogP contribution is 2.17. The van der Waals surface area contributed by atoms with Crippen molar-refractivity contribution in [2.75, 3.05) is 6.54 Å². The van der Waals surface area contributed by atoms with Crippen LogP contribution in [0.3, 0.4) is 0 Å². The molecule has 13 heavy (non-hydrogen) atoms. The lowest BCUT2D eigenvalue weighted by Gasteiger charge is -2.18. The highest BCUT2D eigenvalue weighted by atomic mass is 16.1. The van der Waals surface area contributed by atoms with Gasteiger partial charge < -0.3 is 5.73 Å². The minimum Gasteiger partial charge on any atom is -0.330 e. The summed E-state index contributed by atoms with van der Waals surface area (Å²) in [5.41, 5.74) is 5.59. The van der Waals surface area contributed by atoms with Crippen molar-refractivity contribution in [3.8, 4) is 0 Å². The van der Waals surface area contributed by atoms with Gasteiger partial charge in [-0.05, 0) is 19.3 Å². The molecule has 0 rings (SSSR count). The van der Waals surface area contributed by atoms with Gasteiger partial charge in [0, 0.05) is 18.4 Å². The van der Waals surface area contributed by atoms with E-state index in [4.69, 9.17) is 5.73 Å². The van der Waals surface area contributed by atoms with Gasteiger partial charge in [-0.1, -0.05) is 27.2 Å². The molecule has 1 atom stereocenters. The van der Waals surface area contributed by atoms with Gasteiger partial charge in [0.25, 0.3) is 0 Å². The van der Waals surface area contributed by atoms with Crippen LogP contribution in [-0.4, -0.2) is 12.3 Å². The summed E-state index contributed by atoms with van der Waals surface area (Å²) in [5.74, 6) is 0.726. The van der Waals surface area contributed by atoms with E-state index < -0.39 is 0 Å². The Hall–Kier alpha value is -0.370. The van der Waals surface area contributed by atoms with Crippen LogP contribution in [-0.2, 0) is 4.79 Å². The van der Waals surface area contributed by atoms with Crippen LogP contribution in [0.4, 0.5) is 0 Å². The monoisotopic (exact) mass is 185 g/mol. The normalized spacial score (nSPS) is 13.3. The first-order chi connectivity index (χ1) is 6.21. The van der Waals surface area contributed by atoms with Gasteiger partial charge in [0.1, 0.15) is 5.78 Å². The zero-order valence-electron chi connectivity index (χ0n) is 9.18. The summed E-state index contributed by atoms with van der Waals surface area (Å²) in [6.07, 6.45) is 3.91. The Kier molecular flexibility index (Phi) is 6.87. The Bertz CT molecular complexity index is 141.